The van der Waals surface area contributed by atoms with Gasteiger partial charge in [-0.05, 0) is 24.6 Å². The summed E-state index contributed by atoms with van der Waals surface area (Å²) < 4.78 is 5.36. The number of aliphatic hydroxyl groups is 1. The van der Waals surface area contributed by atoms with Crippen molar-refractivity contribution < 1.29 is 14.6 Å². The number of ketones is 1. The molecule has 1 aromatic carbocycles. The van der Waals surface area contributed by atoms with Crippen LogP contribution in [0.15, 0.2) is 24.3 Å². The van der Waals surface area contributed by atoms with Gasteiger partial charge >= 0.3 is 0 Å². The number of carbonyl (C=O) groups excluding carboxylic acids is 1. The van der Waals surface area contributed by atoms with Crippen molar-refractivity contribution in [2.45, 2.75) is 25.7 Å². The molecule has 0 saturated carbocycles. The van der Waals surface area contributed by atoms with Crippen molar-refractivity contribution >= 4 is 5.78 Å². The minimum atomic E-state index is -1.71. The molecule has 4 heteroatoms. The highest BCUT2D eigenvalue weighted by Crippen LogP contribution is 2.39. The fraction of sp³-hybridized carbons (Fsp3) is 0.385. The second kappa shape index (κ2) is 3.95. The van der Waals surface area contributed by atoms with Crippen LogP contribution in [0.1, 0.15) is 31.1 Å². The monoisotopic (exact) mass is 231 g/mol. The average Bonchev–Trinajstić information content (AvgIpc) is 2.53. The highest BCUT2D eigenvalue weighted by Gasteiger charge is 2.48. The van der Waals surface area contributed by atoms with E-state index in [4.69, 9.17) is 10.00 Å². The quantitative estimate of drug-likeness (QED) is 0.795. The molecule has 17 heavy (non-hydrogen) atoms. The maximum absolute atomic E-state index is 11.7. The second-order valence-corrected chi connectivity index (χ2v) is 4.41. The maximum atomic E-state index is 11.7. The van der Waals surface area contributed by atoms with E-state index in [0.717, 1.165) is 5.56 Å². The van der Waals surface area contributed by atoms with E-state index in [-0.39, 0.29) is 5.78 Å². The van der Waals surface area contributed by atoms with Crippen LogP contribution in [0.25, 0.3) is 0 Å². The first-order chi connectivity index (χ1) is 7.95. The fourth-order valence-electron chi connectivity index (χ4n) is 2.07. The van der Waals surface area contributed by atoms with Gasteiger partial charge in [-0.25, -0.2) is 0 Å². The minimum absolute atomic E-state index is 0.313. The number of hydrogen-bond acceptors (Lipinski definition) is 4. The minimum Gasteiger partial charge on any atom is -0.360 e. The van der Waals surface area contributed by atoms with Gasteiger partial charge in [0.15, 0.2) is 5.78 Å². The Bertz CT molecular complexity index is 484. The van der Waals surface area contributed by atoms with Crippen molar-refractivity contribution in [3.63, 3.8) is 0 Å². The predicted molar refractivity (Wildman–Crippen MR) is 59.8 cm³/mol. The largest absolute Gasteiger partial charge is 0.360 e. The van der Waals surface area contributed by atoms with E-state index in [1.54, 1.807) is 31.2 Å². The van der Waals surface area contributed by atoms with Crippen LogP contribution in [0.4, 0.5) is 0 Å². The van der Waals surface area contributed by atoms with Crippen molar-refractivity contribution in [2.75, 3.05) is 0 Å². The Morgan fingerprint density at radius 3 is 2.41 bits per heavy atom. The van der Waals surface area contributed by atoms with Gasteiger partial charge in [0, 0.05) is 0 Å². The fourth-order valence-corrected chi connectivity index (χ4v) is 2.07. The van der Waals surface area contributed by atoms with E-state index in [1.807, 2.05) is 6.07 Å². The van der Waals surface area contributed by atoms with Gasteiger partial charge in [0.2, 0.25) is 5.79 Å². The molecule has 0 bridgehead atoms. The van der Waals surface area contributed by atoms with Crippen molar-refractivity contribution in [3.05, 3.63) is 35.4 Å². The molecule has 2 rings (SSSR count). The topological polar surface area (TPSA) is 70.3 Å². The van der Waals surface area contributed by atoms with E-state index >= 15 is 0 Å². The number of rotatable bonds is 1. The molecule has 1 aliphatic heterocycles. The van der Waals surface area contributed by atoms with Gasteiger partial charge in [-0.15, -0.1) is 0 Å². The molecule has 1 aromatic rings. The summed E-state index contributed by atoms with van der Waals surface area (Å²) in [7, 11) is 0. The normalized spacial score (nSPS) is 32.5. The summed E-state index contributed by atoms with van der Waals surface area (Å²) in [5.41, 5.74) is 1.35. The molecule has 1 N–H and O–H groups in total. The number of Topliss-reactive ketones (excluding diaryl/α,β-unsaturated/α-hetero) is 1. The van der Waals surface area contributed by atoms with E-state index in [2.05, 4.69) is 0 Å². The van der Waals surface area contributed by atoms with Gasteiger partial charge in [0.05, 0.1) is 23.7 Å². The first-order valence-corrected chi connectivity index (χ1v) is 5.40. The van der Waals surface area contributed by atoms with E-state index in [1.165, 1.54) is 6.92 Å². The SMILES string of the molecule is C[C@@H]1C(=O)C(C)(O)O[C@H]1c1ccc(C#N)cc1. The van der Waals surface area contributed by atoms with E-state index in [0.29, 0.717) is 5.56 Å². The third-order valence-corrected chi connectivity index (χ3v) is 3.05. The van der Waals surface area contributed by atoms with Crippen LogP contribution in [0.5, 0.6) is 0 Å². The Kier molecular flexibility index (Phi) is 2.74. The molecule has 4 nitrogen and oxygen atoms in total. The second-order valence-electron chi connectivity index (χ2n) is 4.41. The Morgan fingerprint density at radius 1 is 1.41 bits per heavy atom. The van der Waals surface area contributed by atoms with Crippen molar-refractivity contribution in [2.24, 2.45) is 5.92 Å². The lowest BCUT2D eigenvalue weighted by molar-refractivity contribution is -0.186. The van der Waals surface area contributed by atoms with Crippen molar-refractivity contribution in [3.8, 4) is 6.07 Å². The van der Waals surface area contributed by atoms with Crippen LogP contribution in [-0.2, 0) is 9.53 Å². The first kappa shape index (κ1) is 11.8. The number of nitrogens with zero attached hydrogens (tertiary/aromatic N) is 1. The highest BCUT2D eigenvalue weighted by atomic mass is 16.6. The molecule has 1 heterocycles. The molecule has 0 spiro atoms. The zero-order chi connectivity index (χ0) is 12.6. The molecule has 0 amide bonds. The molecule has 1 unspecified atom stereocenters. The van der Waals surface area contributed by atoms with Gasteiger partial charge in [-0.3, -0.25) is 4.79 Å². The summed E-state index contributed by atoms with van der Waals surface area (Å²) in [6.07, 6.45) is -0.453. The first-order valence-electron chi connectivity index (χ1n) is 5.40. The molecule has 1 saturated heterocycles. The van der Waals surface area contributed by atoms with E-state index in [9.17, 15) is 9.90 Å². The van der Waals surface area contributed by atoms with Crippen LogP contribution in [0.2, 0.25) is 0 Å². The van der Waals surface area contributed by atoms with E-state index < -0.39 is 17.8 Å². The number of hydrogen-bond donors (Lipinski definition) is 1. The molecular formula is C13H13NO3. The summed E-state index contributed by atoms with van der Waals surface area (Å²) in [4.78, 5) is 11.7. The van der Waals surface area contributed by atoms with Gasteiger partial charge < -0.3 is 9.84 Å². The molecule has 88 valence electrons. The Balaban J connectivity index is 2.30. The Hall–Kier alpha value is -1.70. The van der Waals surface area contributed by atoms with Crippen LogP contribution in [0.3, 0.4) is 0 Å². The molecule has 1 fully saturated rings. The Morgan fingerprint density at radius 2 is 2.00 bits per heavy atom. The molecule has 3 atom stereocenters. The molecular weight excluding hydrogens is 218 g/mol. The molecule has 0 aromatic heterocycles. The summed E-state index contributed by atoms with van der Waals surface area (Å²) in [5.74, 6) is -2.41. The number of nitriles is 1. The zero-order valence-electron chi connectivity index (χ0n) is 9.68. The number of carbonyl (C=O) groups is 1. The summed E-state index contributed by atoms with van der Waals surface area (Å²) in [6, 6.07) is 8.85. The molecule has 0 aliphatic carbocycles. The van der Waals surface area contributed by atoms with Crippen molar-refractivity contribution in [1.82, 2.24) is 0 Å². The summed E-state index contributed by atoms with van der Waals surface area (Å²) in [5, 5.41) is 18.4. The lowest BCUT2D eigenvalue weighted by Crippen LogP contribution is -2.32. The van der Waals surface area contributed by atoms with Crippen LogP contribution < -0.4 is 0 Å². The molecule has 0 radical (unpaired) electrons. The lowest BCUT2D eigenvalue weighted by Gasteiger charge is -2.16. The zero-order valence-corrected chi connectivity index (χ0v) is 9.68. The third-order valence-electron chi connectivity index (χ3n) is 3.05. The smallest absolute Gasteiger partial charge is 0.224 e. The molecule has 1 aliphatic rings. The summed E-state index contributed by atoms with van der Waals surface area (Å²) >= 11 is 0. The van der Waals surface area contributed by atoms with Gasteiger partial charge in [0.25, 0.3) is 0 Å². The highest BCUT2D eigenvalue weighted by molar-refractivity contribution is 5.89. The number of benzene rings is 1. The standard InChI is InChI=1S/C13H13NO3/c1-8-11(17-13(2,16)12(8)15)10-5-3-9(7-14)4-6-10/h3-6,8,11,16H,1-2H3/t8-,11+,13?/m0/s1. The van der Waals surface area contributed by atoms with Crippen LogP contribution in [0, 0.1) is 17.2 Å². The Labute approximate surface area is 99.4 Å². The maximum Gasteiger partial charge on any atom is 0.224 e. The van der Waals surface area contributed by atoms with Crippen molar-refractivity contribution in [1.29, 1.82) is 5.26 Å². The van der Waals surface area contributed by atoms with Crippen LogP contribution in [-0.4, -0.2) is 16.7 Å². The summed E-state index contributed by atoms with van der Waals surface area (Å²) in [6.45, 7) is 3.09. The third kappa shape index (κ3) is 1.95. The van der Waals surface area contributed by atoms with Gasteiger partial charge in [-0.2, -0.15) is 5.26 Å². The number of ether oxygens (including phenoxy) is 1. The lowest BCUT2D eigenvalue weighted by atomic mass is 9.94. The predicted octanol–water partition coefficient (Wildman–Crippen LogP) is 1.54. The van der Waals surface area contributed by atoms with Gasteiger partial charge in [0.1, 0.15) is 0 Å². The average molecular weight is 231 g/mol. The van der Waals surface area contributed by atoms with Gasteiger partial charge in [-0.1, -0.05) is 19.1 Å². The van der Waals surface area contributed by atoms with Crippen LogP contribution >= 0.6 is 0 Å².